The number of hydrogen-bond acceptors (Lipinski definition) is 3. The van der Waals surface area contributed by atoms with Gasteiger partial charge in [-0.05, 0) is 53.3 Å². The van der Waals surface area contributed by atoms with Gasteiger partial charge in [0.1, 0.15) is 17.7 Å². The van der Waals surface area contributed by atoms with E-state index in [1.54, 1.807) is 13.8 Å². The van der Waals surface area contributed by atoms with Crippen molar-refractivity contribution in [3.8, 4) is 16.9 Å². The molecule has 13 heteroatoms. The summed E-state index contributed by atoms with van der Waals surface area (Å²) in [7, 11) is 1.27. The van der Waals surface area contributed by atoms with E-state index in [0.717, 1.165) is 18.2 Å². The molecule has 2 aliphatic rings. The highest BCUT2D eigenvalue weighted by molar-refractivity contribution is 5.90. The molecule has 0 spiro atoms. The molecule has 0 N–H and O–H groups in total. The fourth-order valence-electron chi connectivity index (χ4n) is 5.03. The quantitative estimate of drug-likeness (QED) is 0.306. The molecule has 0 aromatic heterocycles. The monoisotopic (exact) mass is 609 g/mol. The molecule has 1 aliphatic carbocycles. The van der Waals surface area contributed by atoms with Gasteiger partial charge in [-0.3, -0.25) is 0 Å². The van der Waals surface area contributed by atoms with Gasteiger partial charge >= 0.3 is 18.5 Å². The van der Waals surface area contributed by atoms with Crippen LogP contribution in [0.2, 0.25) is 0 Å². The Kier molecular flexibility index (Phi) is 8.45. The maximum atomic E-state index is 14.6. The van der Waals surface area contributed by atoms with Crippen molar-refractivity contribution >= 4 is 5.71 Å². The van der Waals surface area contributed by atoms with Gasteiger partial charge in [-0.15, -0.1) is 0 Å². The van der Waals surface area contributed by atoms with Crippen LogP contribution in [0, 0.1) is 11.7 Å². The zero-order chi connectivity index (χ0) is 31.2. The second kappa shape index (κ2) is 11.3. The summed E-state index contributed by atoms with van der Waals surface area (Å²) in [6, 6.07) is 5.51. The van der Waals surface area contributed by atoms with Crippen molar-refractivity contribution in [2.24, 2.45) is 11.1 Å². The second-order valence-corrected chi connectivity index (χ2v) is 10.4. The summed E-state index contributed by atoms with van der Waals surface area (Å²) >= 11 is 0. The zero-order valence-corrected chi connectivity index (χ0v) is 22.4. The average Bonchev–Trinajstić information content (AvgIpc) is 3.35. The van der Waals surface area contributed by atoms with Crippen molar-refractivity contribution in [3.63, 3.8) is 0 Å². The van der Waals surface area contributed by atoms with Crippen LogP contribution in [0.5, 0.6) is 5.75 Å². The summed E-state index contributed by atoms with van der Waals surface area (Å²) < 4.78 is 141. The van der Waals surface area contributed by atoms with E-state index in [0.29, 0.717) is 11.6 Å². The molecule has 0 fully saturated rings. The molecule has 0 saturated heterocycles. The molecule has 42 heavy (non-hydrogen) atoms. The largest absolute Gasteiger partial charge is 0.496 e. The van der Waals surface area contributed by atoms with E-state index in [4.69, 9.17) is 9.57 Å². The predicted octanol–water partition coefficient (Wildman–Crippen LogP) is 9.33. The van der Waals surface area contributed by atoms with Crippen LogP contribution in [0.4, 0.5) is 43.9 Å². The third kappa shape index (κ3) is 6.75. The Hall–Kier alpha value is -3.51. The minimum Gasteiger partial charge on any atom is -0.496 e. The molecule has 3 nitrogen and oxygen atoms in total. The number of ether oxygens (including phenoxy) is 1. The van der Waals surface area contributed by atoms with Gasteiger partial charge in [0.25, 0.3) is 0 Å². The van der Waals surface area contributed by atoms with Crippen molar-refractivity contribution in [2.45, 2.75) is 63.7 Å². The van der Waals surface area contributed by atoms with Crippen molar-refractivity contribution in [3.05, 3.63) is 76.1 Å². The molecule has 1 aliphatic heterocycles. The molecule has 2 aromatic rings. The lowest BCUT2D eigenvalue weighted by molar-refractivity contribution is -0.137. The lowest BCUT2D eigenvalue weighted by Gasteiger charge is -2.27. The molecule has 0 bridgehead atoms. The van der Waals surface area contributed by atoms with Crippen LogP contribution in [-0.4, -0.2) is 31.3 Å². The van der Waals surface area contributed by atoms with Crippen molar-refractivity contribution in [1.29, 1.82) is 0 Å². The van der Waals surface area contributed by atoms with Gasteiger partial charge in [-0.2, -0.15) is 39.5 Å². The highest BCUT2D eigenvalue weighted by atomic mass is 19.4. The Balaban J connectivity index is 1.68. The molecule has 2 aromatic carbocycles. The summed E-state index contributed by atoms with van der Waals surface area (Å²) in [5, 5.41) is 3.82. The van der Waals surface area contributed by atoms with Crippen molar-refractivity contribution < 1.29 is 53.5 Å². The molecular weight excluding hydrogens is 584 g/mol. The number of benzene rings is 2. The second-order valence-electron chi connectivity index (χ2n) is 10.4. The average molecular weight is 610 g/mol. The SMILES string of the molecule is COc1cc(F)c(C(C)C)cc1-c1ccc(C(F)(F)F)cc1CC1=NO[C@H](C2C=C(C(F)(F)F)C=C(C(F)(F)F)C2)C1. The number of halogens is 10. The van der Waals surface area contributed by atoms with Gasteiger partial charge in [0, 0.05) is 36.0 Å². The highest BCUT2D eigenvalue weighted by Crippen LogP contribution is 2.43. The summed E-state index contributed by atoms with van der Waals surface area (Å²) in [6.07, 6.45) is -16.5. The Morgan fingerprint density at radius 3 is 2.17 bits per heavy atom. The minimum absolute atomic E-state index is 0.0545. The Bertz CT molecular complexity index is 1430. The normalized spacial score (nSPS) is 19.8. The Morgan fingerprint density at radius 2 is 1.60 bits per heavy atom. The van der Waals surface area contributed by atoms with Crippen LogP contribution < -0.4 is 4.74 Å². The molecule has 0 saturated carbocycles. The van der Waals surface area contributed by atoms with Crippen LogP contribution in [0.3, 0.4) is 0 Å². The third-order valence-corrected chi connectivity index (χ3v) is 7.16. The van der Waals surface area contributed by atoms with E-state index in [-0.39, 0.29) is 53.0 Å². The Labute approximate surface area is 234 Å². The first-order valence-electron chi connectivity index (χ1n) is 12.7. The van der Waals surface area contributed by atoms with Gasteiger partial charge in [0.15, 0.2) is 0 Å². The van der Waals surface area contributed by atoms with Crippen LogP contribution in [0.1, 0.15) is 49.3 Å². The molecule has 1 unspecified atom stereocenters. The summed E-state index contributed by atoms with van der Waals surface area (Å²) in [5.41, 5.74) is -2.78. The third-order valence-electron chi connectivity index (χ3n) is 7.16. The molecule has 1 heterocycles. The number of nitrogens with zero attached hydrogens (tertiary/aromatic N) is 1. The van der Waals surface area contributed by atoms with E-state index in [1.165, 1.54) is 19.2 Å². The first kappa shape index (κ1) is 31.4. The molecular formula is C29H25F10NO2. The zero-order valence-electron chi connectivity index (χ0n) is 22.4. The number of oxime groups is 1. The van der Waals surface area contributed by atoms with E-state index in [2.05, 4.69) is 5.16 Å². The van der Waals surface area contributed by atoms with Gasteiger partial charge in [-0.25, -0.2) is 4.39 Å². The maximum absolute atomic E-state index is 14.6. The van der Waals surface area contributed by atoms with E-state index < -0.39 is 59.5 Å². The maximum Gasteiger partial charge on any atom is 0.416 e. The number of alkyl halides is 9. The molecule has 4 rings (SSSR count). The summed E-state index contributed by atoms with van der Waals surface area (Å²) in [4.78, 5) is 5.24. The fourth-order valence-corrected chi connectivity index (χ4v) is 5.03. The number of methoxy groups -OCH3 is 1. The highest BCUT2D eigenvalue weighted by Gasteiger charge is 2.44. The van der Waals surface area contributed by atoms with E-state index in [9.17, 15) is 43.9 Å². The Morgan fingerprint density at radius 1 is 0.905 bits per heavy atom. The topological polar surface area (TPSA) is 30.8 Å². The van der Waals surface area contributed by atoms with E-state index >= 15 is 0 Å². The van der Waals surface area contributed by atoms with Crippen molar-refractivity contribution in [2.75, 3.05) is 7.11 Å². The molecule has 2 atom stereocenters. The molecule has 0 amide bonds. The fraction of sp³-hybridized carbons (Fsp3) is 0.414. The summed E-state index contributed by atoms with van der Waals surface area (Å²) in [6.45, 7) is 3.47. The lowest BCUT2D eigenvalue weighted by atomic mass is 9.83. The van der Waals surface area contributed by atoms with Crippen molar-refractivity contribution in [1.82, 2.24) is 0 Å². The van der Waals surface area contributed by atoms with Crippen LogP contribution in [-0.2, 0) is 17.4 Å². The van der Waals surface area contributed by atoms with Crippen LogP contribution >= 0.6 is 0 Å². The lowest BCUT2D eigenvalue weighted by Crippen LogP contribution is -2.28. The van der Waals surface area contributed by atoms with Crippen LogP contribution in [0.25, 0.3) is 11.1 Å². The number of rotatable bonds is 6. The smallest absolute Gasteiger partial charge is 0.416 e. The number of allylic oxidation sites excluding steroid dienone is 3. The standard InChI is InChI=1S/C29H25F10NO2/c1-14(2)22-12-23(26(41-3)13-24(22)30)21-5-4-17(27(31,32)33)6-15(21)9-20-11-25(42-40-20)16-7-18(28(34,35)36)10-19(8-16)29(37,38)39/h4-7,10,12-14,16,25H,8-9,11H2,1-3H3/t16?,25-/m0/s1. The van der Waals surface area contributed by atoms with Gasteiger partial charge < -0.3 is 9.57 Å². The van der Waals surface area contributed by atoms with Gasteiger partial charge in [0.05, 0.1) is 24.0 Å². The van der Waals surface area contributed by atoms with Gasteiger partial charge in [0.2, 0.25) is 0 Å². The van der Waals surface area contributed by atoms with Gasteiger partial charge in [-0.1, -0.05) is 31.1 Å². The summed E-state index contributed by atoms with van der Waals surface area (Å²) in [5.74, 6) is -2.13. The minimum atomic E-state index is -5.03. The molecule has 0 radical (unpaired) electrons. The first-order chi connectivity index (χ1) is 19.4. The molecule has 228 valence electrons. The first-order valence-corrected chi connectivity index (χ1v) is 12.7. The van der Waals surface area contributed by atoms with E-state index in [1.807, 2.05) is 0 Å². The number of hydrogen-bond donors (Lipinski definition) is 0. The van der Waals surface area contributed by atoms with Crippen LogP contribution in [0.15, 0.2) is 58.8 Å². The predicted molar refractivity (Wildman–Crippen MR) is 134 cm³/mol.